The van der Waals surface area contributed by atoms with E-state index in [1.165, 1.54) is 0 Å². The first-order chi connectivity index (χ1) is 8.14. The molecule has 0 aromatic heterocycles. The second-order valence-electron chi connectivity index (χ2n) is 5.80. The maximum absolute atomic E-state index is 11.5. The van der Waals surface area contributed by atoms with Crippen molar-refractivity contribution in [3.8, 4) is 0 Å². The zero-order chi connectivity index (χ0) is 14.5. The van der Waals surface area contributed by atoms with Crippen LogP contribution < -0.4 is 0 Å². The van der Waals surface area contributed by atoms with Crippen molar-refractivity contribution in [3.05, 3.63) is 11.6 Å². The number of ether oxygens (including phenoxy) is 1. The molecule has 1 unspecified atom stereocenters. The number of amides is 1. The van der Waals surface area contributed by atoms with Gasteiger partial charge in [-0.3, -0.25) is 4.79 Å². The lowest BCUT2D eigenvalue weighted by atomic mass is 10.0. The summed E-state index contributed by atoms with van der Waals surface area (Å²) in [5.41, 5.74) is 0.712. The SMILES string of the molecule is CC(C)(C)C=O.COC1C=C(C(C)C)C(=O)N1C. The van der Waals surface area contributed by atoms with Crippen LogP contribution >= 0.6 is 0 Å². The molecular formula is C14H25NO3. The van der Waals surface area contributed by atoms with Gasteiger partial charge in [-0.2, -0.15) is 0 Å². The highest BCUT2D eigenvalue weighted by molar-refractivity contribution is 5.96. The van der Waals surface area contributed by atoms with Crippen LogP contribution in [0.25, 0.3) is 0 Å². The van der Waals surface area contributed by atoms with E-state index in [1.807, 2.05) is 40.7 Å². The van der Waals surface area contributed by atoms with Gasteiger partial charge in [0, 0.05) is 25.1 Å². The van der Waals surface area contributed by atoms with Gasteiger partial charge in [-0.05, 0) is 12.0 Å². The fraction of sp³-hybridized carbons (Fsp3) is 0.714. The Bertz CT molecular complexity index is 326. The summed E-state index contributed by atoms with van der Waals surface area (Å²) < 4.78 is 5.10. The molecular weight excluding hydrogens is 230 g/mol. The molecule has 0 bridgehead atoms. The lowest BCUT2D eigenvalue weighted by molar-refractivity contribution is -0.131. The number of hydrogen-bond donors (Lipinski definition) is 0. The Balaban J connectivity index is 0.000000411. The van der Waals surface area contributed by atoms with E-state index in [-0.39, 0.29) is 23.5 Å². The Morgan fingerprint density at radius 2 is 1.83 bits per heavy atom. The topological polar surface area (TPSA) is 46.6 Å². The summed E-state index contributed by atoms with van der Waals surface area (Å²) in [7, 11) is 3.36. The minimum Gasteiger partial charge on any atom is -0.358 e. The predicted molar refractivity (Wildman–Crippen MR) is 72.0 cm³/mol. The summed E-state index contributed by atoms with van der Waals surface area (Å²) in [6, 6.07) is 0. The van der Waals surface area contributed by atoms with Crippen molar-refractivity contribution in [1.82, 2.24) is 4.90 Å². The number of rotatable bonds is 2. The first kappa shape index (κ1) is 16.8. The number of aldehydes is 1. The first-order valence-electron chi connectivity index (χ1n) is 6.12. The van der Waals surface area contributed by atoms with Gasteiger partial charge in [0.25, 0.3) is 5.91 Å². The van der Waals surface area contributed by atoms with Gasteiger partial charge in [-0.1, -0.05) is 34.6 Å². The third kappa shape index (κ3) is 5.00. The van der Waals surface area contributed by atoms with Crippen molar-refractivity contribution >= 4 is 12.2 Å². The maximum Gasteiger partial charge on any atom is 0.251 e. The van der Waals surface area contributed by atoms with E-state index >= 15 is 0 Å². The van der Waals surface area contributed by atoms with Crippen LogP contribution in [0.15, 0.2) is 11.6 Å². The molecule has 0 N–H and O–H groups in total. The number of nitrogens with zero attached hydrogens (tertiary/aromatic N) is 1. The van der Waals surface area contributed by atoms with Gasteiger partial charge in [0.1, 0.15) is 6.29 Å². The summed E-state index contributed by atoms with van der Waals surface area (Å²) >= 11 is 0. The number of methoxy groups -OCH3 is 1. The Morgan fingerprint density at radius 1 is 1.39 bits per heavy atom. The molecule has 0 fully saturated rings. The Kier molecular flexibility index (Phi) is 6.26. The highest BCUT2D eigenvalue weighted by Crippen LogP contribution is 2.22. The fourth-order valence-electron chi connectivity index (χ4n) is 1.32. The second kappa shape index (κ2) is 6.69. The molecule has 18 heavy (non-hydrogen) atoms. The summed E-state index contributed by atoms with van der Waals surface area (Å²) in [4.78, 5) is 22.9. The molecule has 1 aliphatic heterocycles. The van der Waals surface area contributed by atoms with Crippen molar-refractivity contribution in [2.75, 3.05) is 14.2 Å². The molecule has 1 amide bonds. The molecule has 0 aromatic rings. The van der Waals surface area contributed by atoms with E-state index in [0.717, 1.165) is 11.9 Å². The van der Waals surface area contributed by atoms with Crippen molar-refractivity contribution < 1.29 is 14.3 Å². The number of likely N-dealkylation sites (N-methyl/N-ethyl adjacent to an activating group) is 1. The second-order valence-corrected chi connectivity index (χ2v) is 5.80. The van der Waals surface area contributed by atoms with E-state index in [9.17, 15) is 9.59 Å². The third-order valence-electron chi connectivity index (χ3n) is 2.49. The van der Waals surface area contributed by atoms with Crippen LogP contribution in [0, 0.1) is 11.3 Å². The molecule has 104 valence electrons. The Labute approximate surface area is 110 Å². The van der Waals surface area contributed by atoms with E-state index in [1.54, 1.807) is 19.1 Å². The summed E-state index contributed by atoms with van der Waals surface area (Å²) in [5, 5.41) is 0. The molecule has 0 aliphatic carbocycles. The molecule has 0 saturated carbocycles. The predicted octanol–water partition coefficient (Wildman–Crippen LogP) is 2.24. The van der Waals surface area contributed by atoms with E-state index in [0.29, 0.717) is 0 Å². The van der Waals surface area contributed by atoms with Crippen LogP contribution in [0.1, 0.15) is 34.6 Å². The Morgan fingerprint density at radius 3 is 2.00 bits per heavy atom. The molecule has 1 heterocycles. The van der Waals surface area contributed by atoms with Gasteiger partial charge in [0.05, 0.1) is 0 Å². The lowest BCUT2D eigenvalue weighted by Crippen LogP contribution is -2.31. The van der Waals surface area contributed by atoms with Crippen LogP contribution in [0.3, 0.4) is 0 Å². The van der Waals surface area contributed by atoms with Crippen LogP contribution in [0.5, 0.6) is 0 Å². The van der Waals surface area contributed by atoms with E-state index in [4.69, 9.17) is 4.74 Å². The van der Waals surface area contributed by atoms with Gasteiger partial charge in [0.15, 0.2) is 6.23 Å². The van der Waals surface area contributed by atoms with Crippen LogP contribution in [0.4, 0.5) is 0 Å². The average molecular weight is 255 g/mol. The van der Waals surface area contributed by atoms with E-state index < -0.39 is 0 Å². The van der Waals surface area contributed by atoms with Gasteiger partial charge in [0.2, 0.25) is 0 Å². The van der Waals surface area contributed by atoms with Crippen LogP contribution in [-0.4, -0.2) is 37.5 Å². The number of carbonyl (C=O) groups is 2. The third-order valence-corrected chi connectivity index (χ3v) is 2.49. The number of hydrogen-bond acceptors (Lipinski definition) is 3. The van der Waals surface area contributed by atoms with Gasteiger partial charge >= 0.3 is 0 Å². The maximum atomic E-state index is 11.5. The minimum atomic E-state index is -0.171. The highest BCUT2D eigenvalue weighted by atomic mass is 16.5. The quantitative estimate of drug-likeness (QED) is 0.711. The monoisotopic (exact) mass is 255 g/mol. The highest BCUT2D eigenvalue weighted by Gasteiger charge is 2.30. The molecule has 1 atom stereocenters. The van der Waals surface area contributed by atoms with E-state index in [2.05, 4.69) is 0 Å². The lowest BCUT2D eigenvalue weighted by Gasteiger charge is -2.17. The number of carbonyl (C=O) groups excluding carboxylic acids is 2. The summed E-state index contributed by atoms with van der Waals surface area (Å²) in [5.74, 6) is 0.358. The zero-order valence-electron chi connectivity index (χ0n) is 12.5. The molecule has 0 radical (unpaired) electrons. The van der Waals surface area contributed by atoms with Gasteiger partial charge < -0.3 is 14.4 Å². The standard InChI is InChI=1S/C9H15NO2.C5H10O/c1-6(2)7-5-8(12-4)10(3)9(7)11;1-5(2,3)4-6/h5-6,8H,1-4H3;4H,1-3H3. The fourth-order valence-corrected chi connectivity index (χ4v) is 1.32. The van der Waals surface area contributed by atoms with Crippen molar-refractivity contribution in [3.63, 3.8) is 0 Å². The Hall–Kier alpha value is -1.16. The molecule has 4 nitrogen and oxygen atoms in total. The van der Waals surface area contributed by atoms with Crippen molar-refractivity contribution in [2.24, 2.45) is 11.3 Å². The molecule has 1 aliphatic rings. The molecule has 0 aromatic carbocycles. The first-order valence-corrected chi connectivity index (χ1v) is 6.12. The summed E-state index contributed by atoms with van der Waals surface area (Å²) in [6.07, 6.45) is 2.65. The minimum absolute atomic E-state index is 0.0804. The van der Waals surface area contributed by atoms with Crippen molar-refractivity contribution in [1.29, 1.82) is 0 Å². The molecule has 0 saturated heterocycles. The molecule has 1 rings (SSSR count). The largest absolute Gasteiger partial charge is 0.358 e. The molecule has 0 spiro atoms. The van der Waals surface area contributed by atoms with Crippen molar-refractivity contribution in [2.45, 2.75) is 40.8 Å². The molecule has 4 heteroatoms. The zero-order valence-corrected chi connectivity index (χ0v) is 12.5. The van der Waals surface area contributed by atoms with Crippen LogP contribution in [0.2, 0.25) is 0 Å². The summed E-state index contributed by atoms with van der Waals surface area (Å²) in [6.45, 7) is 9.64. The smallest absolute Gasteiger partial charge is 0.251 e. The normalized spacial score (nSPS) is 19.6. The van der Waals surface area contributed by atoms with Gasteiger partial charge in [-0.15, -0.1) is 0 Å². The average Bonchev–Trinajstić information content (AvgIpc) is 2.56. The van der Waals surface area contributed by atoms with Crippen LogP contribution in [-0.2, 0) is 14.3 Å². The van der Waals surface area contributed by atoms with Gasteiger partial charge in [-0.25, -0.2) is 0 Å².